The number of para-hydroxylation sites is 1. The van der Waals surface area contributed by atoms with E-state index in [0.29, 0.717) is 17.8 Å². The van der Waals surface area contributed by atoms with Crippen LogP contribution in [0.15, 0.2) is 48.5 Å². The molecule has 0 radical (unpaired) electrons. The van der Waals surface area contributed by atoms with Gasteiger partial charge in [0.05, 0.1) is 0 Å². The van der Waals surface area contributed by atoms with Crippen molar-refractivity contribution in [2.45, 2.75) is 25.9 Å². The van der Waals surface area contributed by atoms with E-state index in [4.69, 9.17) is 10.5 Å². The fourth-order valence-corrected chi connectivity index (χ4v) is 3.00. The van der Waals surface area contributed by atoms with Gasteiger partial charge < -0.3 is 25.9 Å². The van der Waals surface area contributed by atoms with E-state index in [2.05, 4.69) is 10.3 Å². The highest BCUT2D eigenvalue weighted by Crippen LogP contribution is 2.25. The second-order valence-electron chi connectivity index (χ2n) is 6.92. The van der Waals surface area contributed by atoms with Gasteiger partial charge in [-0.15, -0.1) is 0 Å². The molecule has 1 aromatic heterocycles. The molecular formula is C20H21N3O4. The predicted molar refractivity (Wildman–Crippen MR) is 103 cm³/mol. The molecule has 7 heteroatoms. The Morgan fingerprint density at radius 2 is 1.93 bits per heavy atom. The van der Waals surface area contributed by atoms with Gasteiger partial charge in [-0.2, -0.15) is 0 Å². The Morgan fingerprint density at radius 3 is 2.67 bits per heavy atom. The molecular weight excluding hydrogens is 346 g/mol. The number of aromatic amines is 1. The summed E-state index contributed by atoms with van der Waals surface area (Å²) in [5.41, 5.74) is 6.86. The van der Waals surface area contributed by atoms with Crippen LogP contribution in [-0.2, 0) is 11.2 Å². The summed E-state index contributed by atoms with van der Waals surface area (Å²) in [6.45, 7) is 3.50. The quantitative estimate of drug-likeness (QED) is 0.551. The standard InChI is InChI=1S/C20H21N3O4/c1-20(2,27-19(21)26)11-12-5-3-4-6-15(12)23-18(25)17-10-13-9-14(24)7-8-16(13)22-17/h3-10,22,24H,11H2,1-2H3,(H2,21,26)(H,23,25). The third-order valence-electron chi connectivity index (χ3n) is 4.11. The van der Waals surface area contributed by atoms with Crippen LogP contribution in [-0.4, -0.2) is 27.7 Å². The van der Waals surface area contributed by atoms with E-state index in [0.717, 1.165) is 16.5 Å². The van der Waals surface area contributed by atoms with Crippen molar-refractivity contribution < 1.29 is 19.4 Å². The largest absolute Gasteiger partial charge is 0.508 e. The minimum Gasteiger partial charge on any atom is -0.508 e. The van der Waals surface area contributed by atoms with Gasteiger partial charge in [-0.3, -0.25) is 4.79 Å². The van der Waals surface area contributed by atoms with E-state index in [-0.39, 0.29) is 11.7 Å². The highest BCUT2D eigenvalue weighted by atomic mass is 16.6. The lowest BCUT2D eigenvalue weighted by Gasteiger charge is -2.25. The summed E-state index contributed by atoms with van der Waals surface area (Å²) in [5, 5.41) is 13.2. The summed E-state index contributed by atoms with van der Waals surface area (Å²) in [6, 6.07) is 13.8. The van der Waals surface area contributed by atoms with Crippen LogP contribution < -0.4 is 11.1 Å². The van der Waals surface area contributed by atoms with Crippen molar-refractivity contribution in [3.8, 4) is 5.75 Å². The highest BCUT2D eigenvalue weighted by Gasteiger charge is 2.24. The summed E-state index contributed by atoms with van der Waals surface area (Å²) < 4.78 is 5.13. The molecule has 0 aliphatic carbocycles. The van der Waals surface area contributed by atoms with Crippen LogP contribution in [0, 0.1) is 0 Å². The molecule has 0 unspecified atom stereocenters. The number of benzene rings is 2. The molecule has 0 saturated heterocycles. The van der Waals surface area contributed by atoms with Gasteiger partial charge in [-0.05, 0) is 49.7 Å². The lowest BCUT2D eigenvalue weighted by atomic mass is 9.97. The molecule has 2 amide bonds. The van der Waals surface area contributed by atoms with Gasteiger partial charge in [0.25, 0.3) is 5.91 Å². The minimum absolute atomic E-state index is 0.135. The molecule has 0 bridgehead atoms. The number of carbonyl (C=O) groups excluding carboxylic acids is 2. The first-order chi connectivity index (χ1) is 12.7. The summed E-state index contributed by atoms with van der Waals surface area (Å²) >= 11 is 0. The number of aromatic hydroxyl groups is 1. The van der Waals surface area contributed by atoms with Crippen molar-refractivity contribution in [1.82, 2.24) is 4.98 Å². The van der Waals surface area contributed by atoms with Crippen molar-refractivity contribution in [3.63, 3.8) is 0 Å². The number of carbonyl (C=O) groups is 2. The molecule has 0 fully saturated rings. The van der Waals surface area contributed by atoms with Crippen molar-refractivity contribution in [1.29, 1.82) is 0 Å². The number of aromatic nitrogens is 1. The molecule has 3 rings (SSSR count). The number of fused-ring (bicyclic) bond motifs is 1. The molecule has 0 atom stereocenters. The van der Waals surface area contributed by atoms with Crippen LogP contribution in [0.3, 0.4) is 0 Å². The molecule has 0 spiro atoms. The molecule has 0 aliphatic heterocycles. The van der Waals surface area contributed by atoms with Gasteiger partial charge in [-0.25, -0.2) is 4.79 Å². The normalized spacial score (nSPS) is 11.3. The molecule has 1 heterocycles. The summed E-state index contributed by atoms with van der Waals surface area (Å²) in [4.78, 5) is 26.8. The smallest absolute Gasteiger partial charge is 0.405 e. The van der Waals surface area contributed by atoms with Gasteiger partial charge in [0.1, 0.15) is 17.0 Å². The average Bonchev–Trinajstić information content (AvgIpc) is 2.98. The number of amides is 2. The van der Waals surface area contributed by atoms with Crippen molar-refractivity contribution in [2.75, 3.05) is 5.32 Å². The van der Waals surface area contributed by atoms with Crippen molar-refractivity contribution in [2.24, 2.45) is 5.73 Å². The average molecular weight is 367 g/mol. The molecule has 2 aromatic carbocycles. The molecule has 0 saturated carbocycles. The highest BCUT2D eigenvalue weighted by molar-refractivity contribution is 6.06. The number of ether oxygens (including phenoxy) is 1. The zero-order valence-corrected chi connectivity index (χ0v) is 15.1. The third-order valence-corrected chi connectivity index (χ3v) is 4.11. The predicted octanol–water partition coefficient (Wildman–Crippen LogP) is 3.54. The fourth-order valence-electron chi connectivity index (χ4n) is 3.00. The second-order valence-corrected chi connectivity index (χ2v) is 6.92. The Labute approximate surface area is 156 Å². The number of rotatable bonds is 5. The zero-order chi connectivity index (χ0) is 19.6. The number of nitrogens with one attached hydrogen (secondary N) is 2. The zero-order valence-electron chi connectivity index (χ0n) is 15.1. The van der Waals surface area contributed by atoms with Crippen LogP contribution in [0.5, 0.6) is 5.75 Å². The van der Waals surface area contributed by atoms with Crippen molar-refractivity contribution >= 4 is 28.6 Å². The van der Waals surface area contributed by atoms with Gasteiger partial charge in [0, 0.05) is 23.0 Å². The maximum Gasteiger partial charge on any atom is 0.405 e. The topological polar surface area (TPSA) is 117 Å². The lowest BCUT2D eigenvalue weighted by molar-refractivity contribution is 0.0461. The maximum atomic E-state index is 12.7. The lowest BCUT2D eigenvalue weighted by Crippen LogP contribution is -2.33. The number of hydrogen-bond acceptors (Lipinski definition) is 4. The number of phenols is 1. The summed E-state index contributed by atoms with van der Waals surface area (Å²) in [5.74, 6) is -0.178. The first-order valence-corrected chi connectivity index (χ1v) is 8.43. The molecule has 3 aromatic rings. The third kappa shape index (κ3) is 4.38. The van der Waals surface area contributed by atoms with Gasteiger partial charge >= 0.3 is 6.09 Å². The van der Waals surface area contributed by atoms with Gasteiger partial charge in [0.15, 0.2) is 0 Å². The first kappa shape index (κ1) is 18.3. The number of primary amides is 1. The minimum atomic E-state index is -0.845. The van der Waals surface area contributed by atoms with Crippen LogP contribution in [0.2, 0.25) is 0 Å². The molecule has 5 N–H and O–H groups in total. The number of phenolic OH excluding ortho intramolecular Hbond substituents is 1. The van der Waals surface area contributed by atoms with Crippen LogP contribution in [0.25, 0.3) is 10.9 Å². The van der Waals surface area contributed by atoms with Crippen LogP contribution in [0.4, 0.5) is 10.5 Å². The Morgan fingerprint density at radius 1 is 1.19 bits per heavy atom. The van der Waals surface area contributed by atoms with E-state index in [1.54, 1.807) is 44.2 Å². The maximum absolute atomic E-state index is 12.7. The Balaban J connectivity index is 1.82. The van der Waals surface area contributed by atoms with E-state index < -0.39 is 11.7 Å². The Kier molecular flexibility index (Phi) is 4.77. The number of anilines is 1. The van der Waals surface area contributed by atoms with E-state index >= 15 is 0 Å². The van der Waals surface area contributed by atoms with E-state index in [1.165, 1.54) is 0 Å². The van der Waals surface area contributed by atoms with Crippen LogP contribution in [0.1, 0.15) is 29.9 Å². The first-order valence-electron chi connectivity index (χ1n) is 8.43. The summed E-state index contributed by atoms with van der Waals surface area (Å²) in [6.07, 6.45) is -0.463. The molecule has 7 nitrogen and oxygen atoms in total. The SMILES string of the molecule is CC(C)(Cc1ccccc1NC(=O)c1cc2cc(O)ccc2[nH]1)OC(N)=O. The van der Waals surface area contributed by atoms with E-state index in [1.807, 2.05) is 18.2 Å². The fraction of sp³-hybridized carbons (Fsp3) is 0.200. The van der Waals surface area contributed by atoms with Crippen molar-refractivity contribution in [3.05, 3.63) is 59.8 Å². The summed E-state index contributed by atoms with van der Waals surface area (Å²) in [7, 11) is 0. The Bertz CT molecular complexity index is 1010. The van der Waals surface area contributed by atoms with Crippen LogP contribution >= 0.6 is 0 Å². The Hall–Kier alpha value is -3.48. The molecule has 27 heavy (non-hydrogen) atoms. The number of H-pyrrole nitrogens is 1. The second kappa shape index (κ2) is 7.03. The van der Waals surface area contributed by atoms with Gasteiger partial charge in [-0.1, -0.05) is 18.2 Å². The number of hydrogen-bond donors (Lipinski definition) is 4. The number of nitrogens with two attached hydrogens (primary N) is 1. The molecule has 140 valence electrons. The monoisotopic (exact) mass is 367 g/mol. The van der Waals surface area contributed by atoms with Gasteiger partial charge in [0.2, 0.25) is 0 Å². The van der Waals surface area contributed by atoms with E-state index in [9.17, 15) is 14.7 Å². The molecule has 0 aliphatic rings.